The minimum atomic E-state index is -0.133. The maximum absolute atomic E-state index is 12.1. The number of carbonyl (C=O) groups excluding carboxylic acids is 2. The van der Waals surface area contributed by atoms with E-state index >= 15 is 0 Å². The van der Waals surface area contributed by atoms with Crippen LogP contribution in [-0.4, -0.2) is 16.7 Å². The Morgan fingerprint density at radius 3 is 2.48 bits per heavy atom. The van der Waals surface area contributed by atoms with Crippen LogP contribution in [0.5, 0.6) is 0 Å². The van der Waals surface area contributed by atoms with Gasteiger partial charge in [-0.25, -0.2) is 0 Å². The van der Waals surface area contributed by atoms with E-state index in [0.717, 1.165) is 18.5 Å². The highest BCUT2D eigenvalue weighted by atomic mass is 16.2. The van der Waals surface area contributed by atoms with Crippen LogP contribution in [0.3, 0.4) is 0 Å². The van der Waals surface area contributed by atoms with E-state index in [2.05, 4.69) is 17.2 Å². The fraction of sp³-hybridized carbons (Fsp3) is 0.316. The molecule has 2 aromatic rings. The van der Waals surface area contributed by atoms with Gasteiger partial charge in [-0.05, 0) is 24.1 Å². The zero-order valence-electron chi connectivity index (χ0n) is 13.4. The van der Waals surface area contributed by atoms with Gasteiger partial charge >= 0.3 is 0 Å². The molecule has 4 heteroatoms. The van der Waals surface area contributed by atoms with E-state index in [9.17, 15) is 9.59 Å². The van der Waals surface area contributed by atoms with Crippen molar-refractivity contribution >= 4 is 11.7 Å². The zero-order valence-corrected chi connectivity index (χ0v) is 13.4. The molecular weight excluding hydrogens is 288 g/mol. The lowest BCUT2D eigenvalue weighted by Crippen LogP contribution is -2.23. The van der Waals surface area contributed by atoms with E-state index < -0.39 is 0 Å². The largest absolute Gasteiger partial charge is 0.350 e. The van der Waals surface area contributed by atoms with Gasteiger partial charge in [-0.2, -0.15) is 0 Å². The summed E-state index contributed by atoms with van der Waals surface area (Å²) in [4.78, 5) is 28.0. The molecule has 1 amide bonds. The van der Waals surface area contributed by atoms with Crippen LogP contribution in [-0.2, 0) is 17.8 Å². The van der Waals surface area contributed by atoms with Gasteiger partial charge in [0.2, 0.25) is 5.91 Å². The predicted octanol–water partition coefficient (Wildman–Crippen LogP) is 3.31. The Hall–Kier alpha value is -2.49. The Bertz CT molecular complexity index is 636. The highest BCUT2D eigenvalue weighted by Gasteiger charge is 2.09. The van der Waals surface area contributed by atoms with Crippen molar-refractivity contribution in [1.29, 1.82) is 0 Å². The first-order valence-electron chi connectivity index (χ1n) is 7.97. The lowest BCUT2D eigenvalue weighted by Gasteiger charge is -2.05. The quantitative estimate of drug-likeness (QED) is 0.761. The molecule has 0 aliphatic rings. The smallest absolute Gasteiger partial charge is 0.220 e. The summed E-state index contributed by atoms with van der Waals surface area (Å²) in [5.41, 5.74) is 2.71. The molecule has 23 heavy (non-hydrogen) atoms. The SMILES string of the molecule is CCCc1ccc(C(=O)CCC(=O)NCc2ccccn2)cc1. The third-order valence-corrected chi connectivity index (χ3v) is 3.59. The molecule has 0 aliphatic carbocycles. The van der Waals surface area contributed by atoms with Crippen LogP contribution < -0.4 is 5.32 Å². The highest BCUT2D eigenvalue weighted by molar-refractivity contribution is 5.97. The van der Waals surface area contributed by atoms with Gasteiger partial charge in [0.1, 0.15) is 0 Å². The number of pyridine rings is 1. The van der Waals surface area contributed by atoms with Gasteiger partial charge in [0, 0.05) is 24.6 Å². The molecular formula is C19H22N2O2. The Kier molecular flexibility index (Phi) is 6.48. The predicted molar refractivity (Wildman–Crippen MR) is 90.1 cm³/mol. The molecule has 0 saturated carbocycles. The maximum atomic E-state index is 12.1. The van der Waals surface area contributed by atoms with E-state index in [4.69, 9.17) is 0 Å². The number of benzene rings is 1. The number of rotatable bonds is 8. The second kappa shape index (κ2) is 8.83. The molecule has 0 saturated heterocycles. The van der Waals surface area contributed by atoms with E-state index in [1.807, 2.05) is 42.5 Å². The fourth-order valence-corrected chi connectivity index (χ4v) is 2.30. The van der Waals surface area contributed by atoms with Crippen LogP contribution in [0.4, 0.5) is 0 Å². The summed E-state index contributed by atoms with van der Waals surface area (Å²) in [5.74, 6) is -0.132. The van der Waals surface area contributed by atoms with Crippen molar-refractivity contribution in [2.45, 2.75) is 39.2 Å². The molecule has 1 aromatic heterocycles. The number of ketones is 1. The number of hydrogen-bond donors (Lipinski definition) is 1. The molecule has 0 aliphatic heterocycles. The Labute approximate surface area is 137 Å². The monoisotopic (exact) mass is 310 g/mol. The van der Waals surface area contributed by atoms with Gasteiger partial charge in [0.15, 0.2) is 5.78 Å². The number of carbonyl (C=O) groups is 2. The number of aromatic nitrogens is 1. The first-order chi connectivity index (χ1) is 11.2. The number of nitrogens with zero attached hydrogens (tertiary/aromatic N) is 1. The van der Waals surface area contributed by atoms with Crippen LogP contribution in [0, 0.1) is 0 Å². The molecule has 1 N–H and O–H groups in total. The third kappa shape index (κ3) is 5.66. The molecule has 120 valence electrons. The van der Waals surface area contributed by atoms with E-state index in [0.29, 0.717) is 12.1 Å². The fourth-order valence-electron chi connectivity index (χ4n) is 2.30. The molecule has 1 aromatic carbocycles. The average molecular weight is 310 g/mol. The van der Waals surface area contributed by atoms with E-state index in [1.54, 1.807) is 6.20 Å². The van der Waals surface area contributed by atoms with Gasteiger partial charge in [0.05, 0.1) is 12.2 Å². The zero-order chi connectivity index (χ0) is 16.5. The first kappa shape index (κ1) is 16.9. The van der Waals surface area contributed by atoms with E-state index in [-0.39, 0.29) is 24.5 Å². The maximum Gasteiger partial charge on any atom is 0.220 e. The molecule has 0 unspecified atom stereocenters. The van der Waals surface area contributed by atoms with Gasteiger partial charge in [-0.3, -0.25) is 14.6 Å². The molecule has 0 radical (unpaired) electrons. The van der Waals surface area contributed by atoms with Crippen molar-refractivity contribution in [3.05, 3.63) is 65.5 Å². The molecule has 1 heterocycles. The van der Waals surface area contributed by atoms with Crippen LogP contribution in [0.1, 0.15) is 47.8 Å². The van der Waals surface area contributed by atoms with Crippen molar-refractivity contribution in [3.63, 3.8) is 0 Å². The van der Waals surface area contributed by atoms with Crippen LogP contribution in [0.25, 0.3) is 0 Å². The number of nitrogens with one attached hydrogen (secondary N) is 1. The molecule has 0 atom stereocenters. The summed E-state index contributed by atoms with van der Waals surface area (Å²) >= 11 is 0. The summed E-state index contributed by atoms with van der Waals surface area (Å²) in [6.45, 7) is 2.52. The summed E-state index contributed by atoms with van der Waals surface area (Å²) in [7, 11) is 0. The van der Waals surface area contributed by atoms with Crippen LogP contribution in [0.2, 0.25) is 0 Å². The van der Waals surface area contributed by atoms with Crippen LogP contribution >= 0.6 is 0 Å². The summed E-state index contributed by atoms with van der Waals surface area (Å²) in [6.07, 6.45) is 4.21. The standard InChI is InChI=1S/C19H22N2O2/c1-2-5-15-7-9-16(10-8-15)18(22)11-12-19(23)21-14-17-6-3-4-13-20-17/h3-4,6-10,13H,2,5,11-12,14H2,1H3,(H,21,23). The lowest BCUT2D eigenvalue weighted by molar-refractivity contribution is -0.121. The van der Waals surface area contributed by atoms with Gasteiger partial charge in [-0.1, -0.05) is 43.7 Å². The number of Topliss-reactive ketones (excluding diaryl/α,β-unsaturated/α-hetero) is 1. The molecule has 0 bridgehead atoms. The summed E-state index contributed by atoms with van der Waals surface area (Å²) in [6, 6.07) is 13.2. The van der Waals surface area contributed by atoms with Crippen molar-refractivity contribution in [2.75, 3.05) is 0 Å². The van der Waals surface area contributed by atoms with Gasteiger partial charge in [0.25, 0.3) is 0 Å². The second-order valence-corrected chi connectivity index (χ2v) is 5.47. The minimum absolute atomic E-state index is 0.000958. The van der Waals surface area contributed by atoms with Gasteiger partial charge in [-0.15, -0.1) is 0 Å². The van der Waals surface area contributed by atoms with E-state index in [1.165, 1.54) is 5.56 Å². The highest BCUT2D eigenvalue weighted by Crippen LogP contribution is 2.10. The first-order valence-corrected chi connectivity index (χ1v) is 7.97. The topological polar surface area (TPSA) is 59.1 Å². The number of aryl methyl sites for hydroxylation is 1. The van der Waals surface area contributed by atoms with Gasteiger partial charge < -0.3 is 5.32 Å². The molecule has 0 spiro atoms. The van der Waals surface area contributed by atoms with Crippen molar-refractivity contribution in [3.8, 4) is 0 Å². The average Bonchev–Trinajstić information content (AvgIpc) is 2.59. The Morgan fingerprint density at radius 2 is 1.83 bits per heavy atom. The van der Waals surface area contributed by atoms with Crippen molar-refractivity contribution in [2.24, 2.45) is 0 Å². The lowest BCUT2D eigenvalue weighted by atomic mass is 10.0. The Balaban J connectivity index is 1.76. The van der Waals surface area contributed by atoms with Crippen molar-refractivity contribution < 1.29 is 9.59 Å². The molecule has 4 nitrogen and oxygen atoms in total. The summed E-state index contributed by atoms with van der Waals surface area (Å²) in [5, 5.41) is 2.78. The Morgan fingerprint density at radius 1 is 1.04 bits per heavy atom. The minimum Gasteiger partial charge on any atom is -0.350 e. The third-order valence-electron chi connectivity index (χ3n) is 3.59. The second-order valence-electron chi connectivity index (χ2n) is 5.47. The normalized spacial score (nSPS) is 10.3. The van der Waals surface area contributed by atoms with Crippen LogP contribution in [0.15, 0.2) is 48.7 Å². The molecule has 2 rings (SSSR count). The number of amides is 1. The summed E-state index contributed by atoms with van der Waals surface area (Å²) < 4.78 is 0. The molecule has 0 fully saturated rings. The van der Waals surface area contributed by atoms with Crippen molar-refractivity contribution in [1.82, 2.24) is 10.3 Å². The number of hydrogen-bond acceptors (Lipinski definition) is 3.